The van der Waals surface area contributed by atoms with E-state index in [9.17, 15) is 4.91 Å². The number of hydrogen-bond acceptors (Lipinski definition) is 3. The van der Waals surface area contributed by atoms with E-state index in [1.807, 2.05) is 55.5 Å². The Morgan fingerprint density at radius 2 is 1.50 bits per heavy atom. The number of hydrogen-bond donors (Lipinski definition) is 0. The van der Waals surface area contributed by atoms with E-state index < -0.39 is 0 Å². The molecule has 0 saturated carbocycles. The number of rotatable bonds is 3. The summed E-state index contributed by atoms with van der Waals surface area (Å²) in [6.45, 7) is 4.41. The Kier molecular flexibility index (Phi) is 9.92. The average molecular weight is 378 g/mol. The molecule has 0 aliphatic heterocycles. The van der Waals surface area contributed by atoms with E-state index in [0.717, 1.165) is 28.0 Å². The van der Waals surface area contributed by atoms with Crippen molar-refractivity contribution in [3.63, 3.8) is 0 Å². The maximum atomic E-state index is 10.7. The summed E-state index contributed by atoms with van der Waals surface area (Å²) in [7, 11) is 4.05. The second-order valence-electron chi connectivity index (χ2n) is 5.86. The smallest absolute Gasteiger partial charge is 0.453 e. The Hall–Kier alpha value is -2.69. The number of anilines is 1. The molecular weight excluding hydrogens is 359 g/mol. The van der Waals surface area contributed by atoms with Gasteiger partial charge < -0.3 is 11.5 Å². The first kappa shape index (κ1) is 23.3. The second-order valence-corrected chi connectivity index (χ2v) is 6.10. The second kappa shape index (κ2) is 11.9. The topological polar surface area (TPSA) is 34.4 Å². The van der Waals surface area contributed by atoms with Gasteiger partial charge in [0.15, 0.2) is 4.91 Å². The van der Waals surface area contributed by atoms with Crippen LogP contribution < -0.4 is 28.6 Å². The summed E-state index contributed by atoms with van der Waals surface area (Å²) < 4.78 is 0. The van der Waals surface area contributed by atoms with Gasteiger partial charge in [-0.3, -0.25) is 5.02 Å². The van der Waals surface area contributed by atoms with Gasteiger partial charge in [0.05, 0.1) is 0 Å². The molecule has 5 heteroatoms. The SMILES string of the molecule is CN(C)c1ccc(C(=C2C=CC(=[N+]=O)C=C2)c2cc[c-]cc2)cc1.[CH-]=C=S.[Li+]. The van der Waals surface area contributed by atoms with Gasteiger partial charge in [-0.1, -0.05) is 24.4 Å². The Labute approximate surface area is 183 Å². The fraction of sp³-hybridized carbons (Fsp3) is 0.0870. The van der Waals surface area contributed by atoms with E-state index >= 15 is 0 Å². The molecule has 0 fully saturated rings. The zero-order chi connectivity index (χ0) is 19.6. The molecule has 134 valence electrons. The van der Waals surface area contributed by atoms with Gasteiger partial charge >= 0.3 is 24.6 Å². The molecule has 1 aliphatic carbocycles. The van der Waals surface area contributed by atoms with Crippen molar-refractivity contribution < 1.29 is 18.9 Å². The summed E-state index contributed by atoms with van der Waals surface area (Å²) in [4.78, 5) is 15.7. The van der Waals surface area contributed by atoms with E-state index in [1.54, 1.807) is 12.2 Å². The van der Waals surface area contributed by atoms with Crippen LogP contribution in [0.2, 0.25) is 0 Å². The van der Waals surface area contributed by atoms with Gasteiger partial charge in [-0.25, -0.2) is 0 Å². The van der Waals surface area contributed by atoms with Crippen molar-refractivity contribution in [3.8, 4) is 0 Å². The van der Waals surface area contributed by atoms with Crippen LogP contribution in [0.15, 0.2) is 78.4 Å². The summed E-state index contributed by atoms with van der Waals surface area (Å²) in [5.74, 6) is 0. The molecule has 0 amide bonds. The van der Waals surface area contributed by atoms with Crippen molar-refractivity contribution in [2.45, 2.75) is 0 Å². The van der Waals surface area contributed by atoms with Crippen molar-refractivity contribution in [1.29, 1.82) is 0 Å². The molecule has 0 atom stereocenters. The average Bonchev–Trinajstić information content (AvgIpc) is 2.70. The van der Waals surface area contributed by atoms with Crippen molar-refractivity contribution in [2.24, 2.45) is 0 Å². The first-order chi connectivity index (χ1) is 13.1. The Bertz CT molecular complexity index is 943. The largest absolute Gasteiger partial charge is 1.00 e. The predicted octanol–water partition coefficient (Wildman–Crippen LogP) is 1.33. The van der Waals surface area contributed by atoms with Gasteiger partial charge in [0.1, 0.15) is 0 Å². The van der Waals surface area contributed by atoms with Gasteiger partial charge in [-0.15, -0.1) is 5.56 Å². The van der Waals surface area contributed by atoms with Crippen molar-refractivity contribution in [2.75, 3.05) is 19.0 Å². The zero-order valence-electron chi connectivity index (χ0n) is 16.2. The molecule has 0 N–H and O–H groups in total. The van der Waals surface area contributed by atoms with Crippen LogP contribution in [0, 0.1) is 17.6 Å². The standard InChI is InChI=1S/C21H18N2O.C2HS.Li/c1-23(2)20-14-10-18(11-15-20)21(16-6-4-3-5-7-16)17-8-12-19(22-24)13-9-17;1-2-3;/h4-15H,1-2H3;1H;/q;-1;+1. The fourth-order valence-corrected chi connectivity index (χ4v) is 2.67. The summed E-state index contributed by atoms with van der Waals surface area (Å²) in [5, 5.41) is 1.83. The van der Waals surface area contributed by atoms with Crippen molar-refractivity contribution in [3.05, 3.63) is 107 Å². The monoisotopic (exact) mass is 378 g/mol. The van der Waals surface area contributed by atoms with Crippen LogP contribution in [-0.4, -0.2) is 24.8 Å². The van der Waals surface area contributed by atoms with Crippen LogP contribution in [0.5, 0.6) is 0 Å². The fourth-order valence-electron chi connectivity index (χ4n) is 2.67. The molecule has 0 spiro atoms. The maximum Gasteiger partial charge on any atom is 1.00 e. The predicted molar refractivity (Wildman–Crippen MR) is 118 cm³/mol. The zero-order valence-corrected chi connectivity index (χ0v) is 17.0. The Balaban J connectivity index is 0.000000921. The van der Waals surface area contributed by atoms with E-state index in [2.05, 4.69) is 58.9 Å². The van der Waals surface area contributed by atoms with Gasteiger partial charge in [0, 0.05) is 31.9 Å². The molecule has 28 heavy (non-hydrogen) atoms. The molecule has 2 aromatic rings. The third kappa shape index (κ3) is 6.18. The molecule has 0 bridgehead atoms. The molecule has 0 saturated heterocycles. The molecule has 0 radical (unpaired) electrons. The van der Waals surface area contributed by atoms with Crippen LogP contribution in [0.1, 0.15) is 11.1 Å². The molecular formula is C23H19LiN2OS. The van der Waals surface area contributed by atoms with E-state index in [0.29, 0.717) is 5.71 Å². The minimum Gasteiger partial charge on any atom is -0.453 e. The number of benzene rings is 2. The van der Waals surface area contributed by atoms with Gasteiger partial charge in [-0.2, -0.15) is 30.3 Å². The molecule has 2 aromatic carbocycles. The molecule has 0 aromatic heterocycles. The van der Waals surface area contributed by atoms with Gasteiger partial charge in [0.25, 0.3) is 0 Å². The molecule has 1 aliphatic rings. The quantitative estimate of drug-likeness (QED) is 0.350. The first-order valence-electron chi connectivity index (χ1n) is 8.23. The Morgan fingerprint density at radius 1 is 1.00 bits per heavy atom. The van der Waals surface area contributed by atoms with Crippen LogP contribution in [0.4, 0.5) is 5.69 Å². The van der Waals surface area contributed by atoms with Crippen LogP contribution in [0.25, 0.3) is 5.57 Å². The normalized spacial score (nSPS) is 11.4. The van der Waals surface area contributed by atoms with Gasteiger partial charge in [-0.05, 0) is 41.0 Å². The molecule has 0 heterocycles. The number of thiocarbonyl (C=S) groups is 1. The number of nitrogens with zero attached hydrogens (tertiary/aromatic N) is 2. The molecule has 3 rings (SSSR count). The Morgan fingerprint density at radius 3 is 1.96 bits per heavy atom. The number of allylic oxidation sites excluding steroid dienone is 5. The van der Waals surface area contributed by atoms with E-state index in [1.165, 1.54) is 0 Å². The van der Waals surface area contributed by atoms with Crippen molar-refractivity contribution >= 4 is 34.2 Å². The van der Waals surface area contributed by atoms with Crippen molar-refractivity contribution in [1.82, 2.24) is 4.85 Å². The summed E-state index contributed by atoms with van der Waals surface area (Å²) in [6, 6.07) is 19.4. The maximum absolute atomic E-state index is 10.7. The van der Waals surface area contributed by atoms with Crippen LogP contribution >= 0.6 is 12.2 Å². The molecule has 3 nitrogen and oxygen atoms in total. The third-order valence-electron chi connectivity index (χ3n) is 3.94. The third-order valence-corrected chi connectivity index (χ3v) is 3.94. The summed E-state index contributed by atoms with van der Waals surface area (Å²) in [5.41, 5.74) is 5.98. The first-order valence-corrected chi connectivity index (χ1v) is 8.64. The van der Waals surface area contributed by atoms with Gasteiger partial charge in [0.2, 0.25) is 4.85 Å². The van der Waals surface area contributed by atoms with Crippen LogP contribution in [0.3, 0.4) is 0 Å². The van der Waals surface area contributed by atoms with Crippen LogP contribution in [-0.2, 0) is 0 Å². The summed E-state index contributed by atoms with van der Waals surface area (Å²) in [6.07, 6.45) is 7.35. The number of nitroso groups, excluding NO2 is 1. The minimum atomic E-state index is 0. The van der Waals surface area contributed by atoms with E-state index in [-0.39, 0.29) is 18.9 Å². The minimum absolute atomic E-state index is 0. The van der Waals surface area contributed by atoms with E-state index in [4.69, 9.17) is 0 Å². The summed E-state index contributed by atoms with van der Waals surface area (Å²) >= 11 is 3.92. The molecule has 0 unspecified atom stereocenters.